The minimum atomic E-state index is 0.452. The lowest BCUT2D eigenvalue weighted by Crippen LogP contribution is -2.36. The molecule has 0 spiro atoms. The van der Waals surface area contributed by atoms with Crippen LogP contribution in [0.25, 0.3) is 22.2 Å². The Balaban J connectivity index is 1.43. The molecule has 0 aliphatic carbocycles. The highest BCUT2D eigenvalue weighted by atomic mass is 16.5. The second-order valence-corrected chi connectivity index (χ2v) is 9.91. The molecule has 6 nitrogen and oxygen atoms in total. The van der Waals surface area contributed by atoms with Gasteiger partial charge in [-0.2, -0.15) is 0 Å². The Hall–Kier alpha value is -2.83. The third-order valence-corrected chi connectivity index (χ3v) is 7.32. The van der Waals surface area contributed by atoms with Crippen molar-refractivity contribution < 1.29 is 9.47 Å². The summed E-state index contributed by atoms with van der Waals surface area (Å²) in [4.78, 5) is 9.97. The average molecular weight is 475 g/mol. The molecular formula is C29H38N4O2. The Morgan fingerprint density at radius 1 is 0.971 bits per heavy atom. The van der Waals surface area contributed by atoms with Crippen LogP contribution < -0.4 is 14.8 Å². The molecule has 35 heavy (non-hydrogen) atoms. The summed E-state index contributed by atoms with van der Waals surface area (Å²) >= 11 is 0. The smallest absolute Gasteiger partial charge is 0.163 e. The zero-order valence-corrected chi connectivity index (χ0v) is 21.1. The summed E-state index contributed by atoms with van der Waals surface area (Å²) < 4.78 is 12.0. The number of methoxy groups -OCH3 is 1. The van der Waals surface area contributed by atoms with E-state index in [0.29, 0.717) is 12.6 Å². The fraction of sp³-hybridized carbons (Fsp3) is 0.483. The summed E-state index contributed by atoms with van der Waals surface area (Å²) in [5.41, 5.74) is 4.13. The van der Waals surface area contributed by atoms with Crippen molar-refractivity contribution >= 4 is 16.6 Å². The molecule has 0 atom stereocenters. The minimum absolute atomic E-state index is 0.452. The third-order valence-electron chi connectivity index (χ3n) is 7.32. The third kappa shape index (κ3) is 5.88. The number of fused-ring (bicyclic) bond motifs is 1. The van der Waals surface area contributed by atoms with E-state index in [-0.39, 0.29) is 0 Å². The van der Waals surface area contributed by atoms with Gasteiger partial charge in [-0.3, -0.25) is 0 Å². The van der Waals surface area contributed by atoms with E-state index in [1.807, 2.05) is 6.07 Å². The van der Waals surface area contributed by atoms with Gasteiger partial charge < -0.3 is 24.6 Å². The Morgan fingerprint density at radius 2 is 1.74 bits per heavy atom. The van der Waals surface area contributed by atoms with Gasteiger partial charge in [0.05, 0.1) is 24.9 Å². The second-order valence-electron chi connectivity index (χ2n) is 9.91. The molecule has 3 aromatic rings. The van der Waals surface area contributed by atoms with Crippen molar-refractivity contribution in [1.82, 2.24) is 14.8 Å². The number of anilines is 1. The van der Waals surface area contributed by atoms with E-state index in [2.05, 4.69) is 64.6 Å². The first-order chi connectivity index (χ1) is 17.2. The predicted molar refractivity (Wildman–Crippen MR) is 144 cm³/mol. The molecule has 2 saturated heterocycles. The summed E-state index contributed by atoms with van der Waals surface area (Å²) in [6.07, 6.45) is 5.93. The van der Waals surface area contributed by atoms with Gasteiger partial charge in [0.2, 0.25) is 0 Å². The zero-order valence-electron chi connectivity index (χ0n) is 21.1. The number of hydrogen-bond acceptors (Lipinski definition) is 6. The van der Waals surface area contributed by atoms with E-state index in [9.17, 15) is 0 Å². The van der Waals surface area contributed by atoms with Gasteiger partial charge in [0.15, 0.2) is 11.5 Å². The number of hydrogen-bond donors (Lipinski definition) is 1. The second kappa shape index (κ2) is 11.3. The first-order valence-electron chi connectivity index (χ1n) is 13.1. The quantitative estimate of drug-likeness (QED) is 0.426. The molecule has 2 aliphatic heterocycles. The van der Waals surface area contributed by atoms with Crippen molar-refractivity contribution in [3.8, 4) is 22.8 Å². The van der Waals surface area contributed by atoms with Crippen molar-refractivity contribution in [2.24, 2.45) is 0 Å². The van der Waals surface area contributed by atoms with Crippen molar-refractivity contribution in [3.05, 3.63) is 48.5 Å². The number of nitrogens with zero attached hydrogens (tertiary/aromatic N) is 3. The molecule has 2 aliphatic rings. The minimum Gasteiger partial charge on any atom is -0.493 e. The van der Waals surface area contributed by atoms with Crippen LogP contribution in [0, 0.1) is 0 Å². The molecule has 1 aromatic heterocycles. The lowest BCUT2D eigenvalue weighted by molar-refractivity contribution is 0.254. The monoisotopic (exact) mass is 474 g/mol. The first kappa shape index (κ1) is 23.9. The highest BCUT2D eigenvalue weighted by molar-refractivity contribution is 5.96. The van der Waals surface area contributed by atoms with Gasteiger partial charge in [-0.15, -0.1) is 0 Å². The van der Waals surface area contributed by atoms with Gasteiger partial charge in [0.1, 0.15) is 0 Å². The summed E-state index contributed by atoms with van der Waals surface area (Å²) in [5, 5.41) is 4.91. The van der Waals surface area contributed by atoms with Gasteiger partial charge in [-0.25, -0.2) is 4.98 Å². The highest BCUT2D eigenvalue weighted by Crippen LogP contribution is 2.37. The van der Waals surface area contributed by atoms with Crippen LogP contribution >= 0.6 is 0 Å². The number of piperidine rings is 1. The molecule has 0 unspecified atom stereocenters. The van der Waals surface area contributed by atoms with Gasteiger partial charge in [0.25, 0.3) is 0 Å². The van der Waals surface area contributed by atoms with Crippen LogP contribution in [0.15, 0.2) is 48.5 Å². The number of likely N-dealkylation sites (tertiary alicyclic amines) is 2. The van der Waals surface area contributed by atoms with E-state index >= 15 is 0 Å². The molecule has 0 saturated carbocycles. The fourth-order valence-electron chi connectivity index (χ4n) is 5.23. The highest BCUT2D eigenvalue weighted by Gasteiger charge is 2.19. The van der Waals surface area contributed by atoms with E-state index in [4.69, 9.17) is 14.5 Å². The fourth-order valence-corrected chi connectivity index (χ4v) is 5.23. The Labute approximate surface area is 209 Å². The van der Waals surface area contributed by atoms with Crippen LogP contribution in [0.1, 0.15) is 32.1 Å². The summed E-state index contributed by atoms with van der Waals surface area (Å²) in [5.74, 6) is 1.53. The molecule has 6 heteroatoms. The normalized spacial score (nSPS) is 17.7. The van der Waals surface area contributed by atoms with Crippen molar-refractivity contribution in [3.63, 3.8) is 0 Å². The van der Waals surface area contributed by atoms with Crippen molar-refractivity contribution in [1.29, 1.82) is 0 Å². The molecule has 1 N–H and O–H groups in total. The maximum Gasteiger partial charge on any atom is 0.163 e. The SMILES string of the molecule is COc1cc2c(NC3CCN(C)CC3)cc(-c3ccccc3)nc2cc1OCCCN1CCCC1. The lowest BCUT2D eigenvalue weighted by atomic mass is 10.0. The molecule has 2 aromatic carbocycles. The number of rotatable bonds is 9. The predicted octanol–water partition coefficient (Wildman–Crippen LogP) is 5.28. The number of aromatic nitrogens is 1. The molecule has 0 bridgehead atoms. The Kier molecular flexibility index (Phi) is 7.69. The maximum atomic E-state index is 6.23. The van der Waals surface area contributed by atoms with Gasteiger partial charge in [0, 0.05) is 35.3 Å². The van der Waals surface area contributed by atoms with Crippen LogP contribution in [0.4, 0.5) is 5.69 Å². The maximum absolute atomic E-state index is 6.23. The van der Waals surface area contributed by atoms with Crippen LogP contribution in [-0.2, 0) is 0 Å². The molecule has 186 valence electrons. The van der Waals surface area contributed by atoms with Crippen LogP contribution in [-0.4, -0.2) is 74.3 Å². The standard InChI is InChI=1S/C29H38N4O2/c1-32-16-11-23(12-17-32)30-26-20-25(22-9-4-3-5-10-22)31-27-21-29(28(34-2)19-24(26)27)35-18-8-15-33-13-6-7-14-33/h3-5,9-10,19-21,23H,6-8,11-18H2,1-2H3,(H,30,31). The molecule has 0 radical (unpaired) electrons. The molecule has 3 heterocycles. The first-order valence-corrected chi connectivity index (χ1v) is 13.1. The van der Waals surface area contributed by atoms with Crippen LogP contribution in [0.3, 0.4) is 0 Å². The lowest BCUT2D eigenvalue weighted by Gasteiger charge is -2.30. The van der Waals surface area contributed by atoms with Crippen molar-refractivity contribution in [2.75, 3.05) is 58.8 Å². The molecule has 2 fully saturated rings. The van der Waals surface area contributed by atoms with Gasteiger partial charge in [-0.1, -0.05) is 30.3 Å². The molecule has 5 rings (SSSR count). The Bertz CT molecular complexity index is 1110. The number of pyridine rings is 1. The zero-order chi connectivity index (χ0) is 24.0. The number of nitrogens with one attached hydrogen (secondary N) is 1. The van der Waals surface area contributed by atoms with Gasteiger partial charge in [-0.05, 0) is 77.5 Å². The number of benzene rings is 2. The summed E-state index contributed by atoms with van der Waals surface area (Å²) in [7, 11) is 3.91. The van der Waals surface area contributed by atoms with E-state index < -0.39 is 0 Å². The van der Waals surface area contributed by atoms with Crippen molar-refractivity contribution in [2.45, 2.75) is 38.1 Å². The molecular weight excluding hydrogens is 436 g/mol. The van der Waals surface area contributed by atoms with Crippen LogP contribution in [0.2, 0.25) is 0 Å². The van der Waals surface area contributed by atoms with Gasteiger partial charge >= 0.3 is 0 Å². The largest absolute Gasteiger partial charge is 0.493 e. The number of ether oxygens (including phenoxy) is 2. The van der Waals surface area contributed by atoms with E-state index in [1.165, 1.54) is 25.9 Å². The van der Waals surface area contributed by atoms with Crippen LogP contribution in [0.5, 0.6) is 11.5 Å². The topological polar surface area (TPSA) is 49.9 Å². The Morgan fingerprint density at radius 3 is 2.49 bits per heavy atom. The van der Waals surface area contributed by atoms with E-state index in [0.717, 1.165) is 78.2 Å². The van der Waals surface area contributed by atoms with E-state index in [1.54, 1.807) is 7.11 Å². The summed E-state index contributed by atoms with van der Waals surface area (Å²) in [6.45, 7) is 6.45. The average Bonchev–Trinajstić information content (AvgIpc) is 3.41. The summed E-state index contributed by atoms with van der Waals surface area (Å²) in [6, 6.07) is 17.2. The molecule has 0 amide bonds.